The molecule has 0 heterocycles. The number of hydrogen-bond donors (Lipinski definition) is 2. The van der Waals surface area contributed by atoms with Gasteiger partial charge in [-0.05, 0) is 40.8 Å². The van der Waals surface area contributed by atoms with E-state index in [1.165, 1.54) is 22.9 Å². The number of halogens is 1. The zero-order valence-electron chi connectivity index (χ0n) is 17.4. The summed E-state index contributed by atoms with van der Waals surface area (Å²) in [4.78, 5) is 23.5. The van der Waals surface area contributed by atoms with E-state index in [-0.39, 0.29) is 12.4 Å². The van der Waals surface area contributed by atoms with Crippen LogP contribution in [0.2, 0.25) is 5.02 Å². The van der Waals surface area contributed by atoms with Crippen LogP contribution >= 0.6 is 23.4 Å². The van der Waals surface area contributed by atoms with E-state index in [1.54, 1.807) is 0 Å². The van der Waals surface area contributed by atoms with Crippen molar-refractivity contribution in [3.05, 3.63) is 106 Å². The third-order valence-corrected chi connectivity index (χ3v) is 6.06. The van der Waals surface area contributed by atoms with E-state index in [1.807, 2.05) is 66.7 Å². The van der Waals surface area contributed by atoms with Crippen molar-refractivity contribution in [2.75, 3.05) is 5.75 Å². The van der Waals surface area contributed by atoms with Crippen molar-refractivity contribution >= 4 is 35.4 Å². The molecule has 0 spiro atoms. The van der Waals surface area contributed by atoms with Crippen molar-refractivity contribution in [1.82, 2.24) is 5.32 Å². The minimum atomic E-state index is -1.09. The first-order chi connectivity index (χ1) is 15.5. The van der Waals surface area contributed by atoms with Gasteiger partial charge in [0.05, 0.1) is 0 Å². The Kier molecular flexibility index (Phi) is 9.01. The molecule has 166 valence electrons. The van der Waals surface area contributed by atoms with Crippen molar-refractivity contribution in [1.29, 1.82) is 0 Å². The Labute approximate surface area is 196 Å². The molecule has 0 fully saturated rings. The quantitative estimate of drug-likeness (QED) is 0.407. The van der Waals surface area contributed by atoms with Gasteiger partial charge in [0.1, 0.15) is 12.6 Å². The van der Waals surface area contributed by atoms with Crippen LogP contribution in [0.5, 0.6) is 0 Å². The van der Waals surface area contributed by atoms with Gasteiger partial charge in [-0.25, -0.2) is 9.59 Å². The van der Waals surface area contributed by atoms with Gasteiger partial charge in [-0.2, -0.15) is 11.8 Å². The van der Waals surface area contributed by atoms with Gasteiger partial charge in [-0.15, -0.1) is 0 Å². The lowest BCUT2D eigenvalue weighted by Gasteiger charge is -2.14. The van der Waals surface area contributed by atoms with Gasteiger partial charge >= 0.3 is 12.1 Å². The highest BCUT2D eigenvalue weighted by Crippen LogP contribution is 2.17. The molecule has 3 aromatic rings. The van der Waals surface area contributed by atoms with Crippen LogP contribution in [0.15, 0.2) is 78.9 Å². The number of ether oxygens (including phenoxy) is 1. The van der Waals surface area contributed by atoms with Crippen LogP contribution in [-0.2, 0) is 28.3 Å². The smallest absolute Gasteiger partial charge is 0.408 e. The van der Waals surface area contributed by atoms with Gasteiger partial charge in [0.25, 0.3) is 0 Å². The molecule has 7 heteroatoms. The summed E-state index contributed by atoms with van der Waals surface area (Å²) in [7, 11) is 0. The van der Waals surface area contributed by atoms with E-state index in [0.29, 0.717) is 5.75 Å². The summed E-state index contributed by atoms with van der Waals surface area (Å²) >= 11 is 7.37. The summed E-state index contributed by atoms with van der Waals surface area (Å²) in [6, 6.07) is 24.2. The van der Waals surface area contributed by atoms with Crippen LogP contribution in [0.1, 0.15) is 22.3 Å². The average molecular weight is 470 g/mol. The van der Waals surface area contributed by atoms with Crippen LogP contribution in [0.3, 0.4) is 0 Å². The number of carboxylic acids is 1. The molecule has 0 aliphatic carbocycles. The Morgan fingerprint density at radius 2 is 1.47 bits per heavy atom. The molecular formula is C25H24ClNO4S. The minimum absolute atomic E-state index is 0.0918. The van der Waals surface area contributed by atoms with Crippen molar-refractivity contribution in [2.24, 2.45) is 0 Å². The van der Waals surface area contributed by atoms with E-state index in [0.717, 1.165) is 22.6 Å². The van der Waals surface area contributed by atoms with Gasteiger partial charge in [-0.1, -0.05) is 78.3 Å². The number of amides is 1. The molecule has 3 aromatic carbocycles. The van der Waals surface area contributed by atoms with E-state index < -0.39 is 18.1 Å². The summed E-state index contributed by atoms with van der Waals surface area (Å²) in [5.41, 5.74) is 4.30. The zero-order chi connectivity index (χ0) is 22.8. The number of carbonyl (C=O) groups excluding carboxylic acids is 1. The van der Waals surface area contributed by atoms with Gasteiger partial charge in [-0.3, -0.25) is 0 Å². The molecule has 1 amide bonds. The third-order valence-electron chi connectivity index (χ3n) is 4.70. The van der Waals surface area contributed by atoms with Crippen molar-refractivity contribution in [2.45, 2.75) is 24.8 Å². The Morgan fingerprint density at radius 3 is 2.09 bits per heavy atom. The summed E-state index contributed by atoms with van der Waals surface area (Å²) < 4.78 is 5.11. The molecule has 3 rings (SSSR count). The Balaban J connectivity index is 1.43. The van der Waals surface area contributed by atoms with E-state index in [2.05, 4.69) is 17.4 Å². The molecule has 32 heavy (non-hydrogen) atoms. The lowest BCUT2D eigenvalue weighted by molar-refractivity contribution is -0.138. The fourth-order valence-corrected chi connectivity index (χ4v) is 4.10. The maximum Gasteiger partial charge on any atom is 0.408 e. The monoisotopic (exact) mass is 469 g/mol. The molecular weight excluding hydrogens is 446 g/mol. The van der Waals surface area contributed by atoms with Crippen LogP contribution in [0.4, 0.5) is 4.79 Å². The number of benzene rings is 3. The van der Waals surface area contributed by atoms with Crippen molar-refractivity contribution in [3.63, 3.8) is 0 Å². The normalized spacial score (nSPS) is 11.5. The van der Waals surface area contributed by atoms with Gasteiger partial charge in [0, 0.05) is 16.5 Å². The molecule has 0 bridgehead atoms. The van der Waals surface area contributed by atoms with E-state index >= 15 is 0 Å². The molecule has 2 N–H and O–H groups in total. The van der Waals surface area contributed by atoms with Crippen molar-refractivity contribution < 1.29 is 19.4 Å². The fraction of sp³-hybridized carbons (Fsp3) is 0.200. The first kappa shape index (κ1) is 23.7. The largest absolute Gasteiger partial charge is 0.480 e. The number of thioether (sulfide) groups is 1. The highest BCUT2D eigenvalue weighted by atomic mass is 35.5. The van der Waals surface area contributed by atoms with Gasteiger partial charge in [0.2, 0.25) is 0 Å². The van der Waals surface area contributed by atoms with E-state index in [4.69, 9.17) is 16.3 Å². The second-order valence-electron chi connectivity index (χ2n) is 7.23. The standard InChI is InChI=1S/C25H24ClNO4S/c26-22-12-10-19(11-13-22)14-18-6-8-21(9-7-18)16-32-17-23(24(28)29)27-25(30)31-15-20-4-2-1-3-5-20/h1-13,23H,14-17H2,(H,27,30)(H,28,29). The van der Waals surface area contributed by atoms with Crippen LogP contribution in [0.25, 0.3) is 0 Å². The Morgan fingerprint density at radius 1 is 0.875 bits per heavy atom. The Hall–Kier alpha value is -2.96. The summed E-state index contributed by atoms with van der Waals surface area (Å²) in [6.07, 6.45) is 0.0779. The second kappa shape index (κ2) is 12.2. The zero-order valence-corrected chi connectivity index (χ0v) is 18.9. The SMILES string of the molecule is O=C(NC(CSCc1ccc(Cc2ccc(Cl)cc2)cc1)C(=O)O)OCc1ccccc1. The number of aliphatic carboxylic acids is 1. The number of alkyl carbamates (subject to hydrolysis) is 1. The Bertz CT molecular complexity index is 1010. The average Bonchev–Trinajstić information content (AvgIpc) is 2.80. The first-order valence-corrected chi connectivity index (χ1v) is 11.6. The molecule has 0 aliphatic rings. The van der Waals surface area contributed by atoms with E-state index in [9.17, 15) is 14.7 Å². The molecule has 5 nitrogen and oxygen atoms in total. The van der Waals surface area contributed by atoms with Crippen LogP contribution in [-0.4, -0.2) is 29.0 Å². The number of carboxylic acid groups (broad SMARTS) is 1. The lowest BCUT2D eigenvalue weighted by atomic mass is 10.0. The van der Waals surface area contributed by atoms with Gasteiger partial charge in [0.15, 0.2) is 0 Å². The predicted molar refractivity (Wildman–Crippen MR) is 128 cm³/mol. The molecule has 0 saturated carbocycles. The minimum Gasteiger partial charge on any atom is -0.480 e. The van der Waals surface area contributed by atoms with Crippen molar-refractivity contribution in [3.8, 4) is 0 Å². The maximum absolute atomic E-state index is 12.0. The summed E-state index contributed by atoms with van der Waals surface area (Å²) in [5, 5.41) is 12.6. The highest BCUT2D eigenvalue weighted by molar-refractivity contribution is 7.98. The molecule has 1 unspecified atom stereocenters. The molecule has 1 atom stereocenters. The summed E-state index contributed by atoms with van der Waals surface area (Å²) in [5.74, 6) is -0.207. The number of rotatable bonds is 10. The predicted octanol–water partition coefficient (Wildman–Crippen LogP) is 5.54. The number of nitrogens with one attached hydrogen (secondary N) is 1. The number of carbonyl (C=O) groups is 2. The van der Waals surface area contributed by atoms with Gasteiger partial charge < -0.3 is 15.2 Å². The molecule has 0 radical (unpaired) electrons. The van der Waals surface area contributed by atoms with Crippen LogP contribution in [0, 0.1) is 0 Å². The molecule has 0 saturated heterocycles. The third kappa shape index (κ3) is 7.94. The highest BCUT2D eigenvalue weighted by Gasteiger charge is 2.20. The first-order valence-electron chi connectivity index (χ1n) is 10.1. The summed E-state index contributed by atoms with van der Waals surface area (Å²) in [6.45, 7) is 0.0918. The molecule has 0 aliphatic heterocycles. The molecule has 0 aromatic heterocycles. The van der Waals surface area contributed by atoms with Crippen LogP contribution < -0.4 is 5.32 Å². The lowest BCUT2D eigenvalue weighted by Crippen LogP contribution is -2.42. The maximum atomic E-state index is 12.0. The fourth-order valence-electron chi connectivity index (χ4n) is 2.97. The second-order valence-corrected chi connectivity index (χ2v) is 8.70. The topological polar surface area (TPSA) is 75.6 Å². The number of hydrogen-bond acceptors (Lipinski definition) is 4.